The van der Waals surface area contributed by atoms with Gasteiger partial charge in [-0.3, -0.25) is 0 Å². The number of anilines is 1. The number of halogens is 1. The summed E-state index contributed by atoms with van der Waals surface area (Å²) in [6.45, 7) is 2.27. The molecular formula is C12H17FN2. The average Bonchev–Trinajstić information content (AvgIpc) is 2.17. The largest absolute Gasteiger partial charge is 0.367 e. The summed E-state index contributed by atoms with van der Waals surface area (Å²) in [7, 11) is 0. The molecule has 0 spiro atoms. The first-order valence-electron chi connectivity index (χ1n) is 5.63. The van der Waals surface area contributed by atoms with Crippen molar-refractivity contribution < 1.29 is 4.39 Å². The van der Waals surface area contributed by atoms with E-state index >= 15 is 0 Å². The molecule has 0 aromatic carbocycles. The van der Waals surface area contributed by atoms with Gasteiger partial charge >= 0.3 is 0 Å². The molecule has 1 aliphatic carbocycles. The van der Waals surface area contributed by atoms with Gasteiger partial charge in [0.1, 0.15) is 5.82 Å². The van der Waals surface area contributed by atoms with Crippen molar-refractivity contribution in [1.29, 1.82) is 0 Å². The molecule has 1 aliphatic rings. The van der Waals surface area contributed by atoms with Crippen LogP contribution in [0.5, 0.6) is 0 Å². The molecule has 0 bridgehead atoms. The highest BCUT2D eigenvalue weighted by Crippen LogP contribution is 2.25. The van der Waals surface area contributed by atoms with Crippen molar-refractivity contribution in [2.45, 2.75) is 38.6 Å². The van der Waals surface area contributed by atoms with Crippen molar-refractivity contribution in [2.75, 3.05) is 5.32 Å². The fourth-order valence-corrected chi connectivity index (χ4v) is 2.26. The Labute approximate surface area is 89.9 Å². The van der Waals surface area contributed by atoms with E-state index in [1.165, 1.54) is 25.3 Å². The molecule has 1 fully saturated rings. The lowest BCUT2D eigenvalue weighted by Gasteiger charge is -2.27. The molecule has 82 valence electrons. The normalized spacial score (nSPS) is 26.3. The topological polar surface area (TPSA) is 24.9 Å². The molecule has 1 aromatic heterocycles. The van der Waals surface area contributed by atoms with Crippen LogP contribution in [0.1, 0.15) is 32.6 Å². The van der Waals surface area contributed by atoms with E-state index in [2.05, 4.69) is 17.2 Å². The summed E-state index contributed by atoms with van der Waals surface area (Å²) in [6, 6.07) is 5.34. The summed E-state index contributed by atoms with van der Waals surface area (Å²) in [5.41, 5.74) is 0. The predicted octanol–water partition coefficient (Wildman–Crippen LogP) is 3.21. The van der Waals surface area contributed by atoms with Crippen molar-refractivity contribution >= 4 is 5.82 Å². The number of nitrogens with one attached hydrogen (secondary N) is 1. The number of hydrogen-bond acceptors (Lipinski definition) is 2. The first-order chi connectivity index (χ1) is 7.24. The lowest BCUT2D eigenvalue weighted by Crippen LogP contribution is -2.26. The van der Waals surface area contributed by atoms with E-state index in [4.69, 9.17) is 0 Å². The first-order valence-corrected chi connectivity index (χ1v) is 5.63. The van der Waals surface area contributed by atoms with Gasteiger partial charge in [0, 0.05) is 6.04 Å². The van der Waals surface area contributed by atoms with Gasteiger partial charge < -0.3 is 5.32 Å². The summed E-state index contributed by atoms with van der Waals surface area (Å²) >= 11 is 0. The van der Waals surface area contributed by atoms with E-state index in [0.717, 1.165) is 12.3 Å². The van der Waals surface area contributed by atoms with E-state index in [9.17, 15) is 4.39 Å². The number of rotatable bonds is 2. The Kier molecular flexibility index (Phi) is 3.19. The Balaban J connectivity index is 1.96. The van der Waals surface area contributed by atoms with Gasteiger partial charge in [0.05, 0.1) is 0 Å². The van der Waals surface area contributed by atoms with Gasteiger partial charge in [0.2, 0.25) is 5.95 Å². The molecule has 3 heteroatoms. The molecule has 0 saturated heterocycles. The van der Waals surface area contributed by atoms with Crippen molar-refractivity contribution in [1.82, 2.24) is 4.98 Å². The third kappa shape index (κ3) is 2.91. The van der Waals surface area contributed by atoms with E-state index < -0.39 is 5.95 Å². The van der Waals surface area contributed by atoms with Gasteiger partial charge in [-0.15, -0.1) is 0 Å². The van der Waals surface area contributed by atoms with Gasteiger partial charge in [-0.25, -0.2) is 4.98 Å². The third-order valence-electron chi connectivity index (χ3n) is 3.00. The van der Waals surface area contributed by atoms with Crippen LogP contribution in [0, 0.1) is 11.9 Å². The molecule has 1 saturated carbocycles. The molecule has 1 aromatic rings. The monoisotopic (exact) mass is 208 g/mol. The molecule has 2 rings (SSSR count). The van der Waals surface area contributed by atoms with Gasteiger partial charge in [0.15, 0.2) is 0 Å². The van der Waals surface area contributed by atoms with Gasteiger partial charge in [-0.2, -0.15) is 4.39 Å². The minimum absolute atomic E-state index is 0.413. The van der Waals surface area contributed by atoms with Crippen molar-refractivity contribution in [3.05, 3.63) is 24.1 Å². The number of nitrogens with zero attached hydrogens (tertiary/aromatic N) is 1. The maximum atomic E-state index is 12.8. The molecule has 0 unspecified atom stereocenters. The summed E-state index contributed by atoms with van der Waals surface area (Å²) in [5.74, 6) is 1.02. The Hall–Kier alpha value is -1.12. The fourth-order valence-electron chi connectivity index (χ4n) is 2.26. The minimum Gasteiger partial charge on any atom is -0.367 e. The van der Waals surface area contributed by atoms with Crippen LogP contribution in [0.25, 0.3) is 0 Å². The summed E-state index contributed by atoms with van der Waals surface area (Å²) < 4.78 is 12.8. The molecule has 1 heterocycles. The highest BCUT2D eigenvalue weighted by Gasteiger charge is 2.18. The van der Waals surface area contributed by atoms with Crippen LogP contribution in [-0.2, 0) is 0 Å². The smallest absolute Gasteiger partial charge is 0.214 e. The van der Waals surface area contributed by atoms with Crippen LogP contribution in [-0.4, -0.2) is 11.0 Å². The number of hydrogen-bond donors (Lipinski definition) is 1. The van der Waals surface area contributed by atoms with Crippen LogP contribution in [0.3, 0.4) is 0 Å². The Morgan fingerprint density at radius 3 is 3.00 bits per heavy atom. The van der Waals surface area contributed by atoms with Gasteiger partial charge in [-0.1, -0.05) is 25.8 Å². The van der Waals surface area contributed by atoms with Crippen molar-refractivity contribution in [3.8, 4) is 0 Å². The highest BCUT2D eigenvalue weighted by molar-refractivity contribution is 5.34. The van der Waals surface area contributed by atoms with Crippen LogP contribution >= 0.6 is 0 Å². The quantitative estimate of drug-likeness (QED) is 0.755. The minimum atomic E-state index is -0.413. The zero-order valence-electron chi connectivity index (χ0n) is 9.04. The van der Waals surface area contributed by atoms with E-state index in [0.29, 0.717) is 11.9 Å². The molecular weight excluding hydrogens is 191 g/mol. The summed E-state index contributed by atoms with van der Waals surface area (Å²) in [5, 5.41) is 3.30. The molecule has 0 amide bonds. The Morgan fingerprint density at radius 2 is 2.27 bits per heavy atom. The second-order valence-corrected chi connectivity index (χ2v) is 4.46. The molecule has 1 N–H and O–H groups in total. The second-order valence-electron chi connectivity index (χ2n) is 4.46. The fraction of sp³-hybridized carbons (Fsp3) is 0.583. The molecule has 15 heavy (non-hydrogen) atoms. The molecule has 2 atom stereocenters. The Morgan fingerprint density at radius 1 is 1.40 bits per heavy atom. The average molecular weight is 208 g/mol. The van der Waals surface area contributed by atoms with Crippen LogP contribution in [0.15, 0.2) is 18.2 Å². The van der Waals surface area contributed by atoms with Crippen LogP contribution in [0.2, 0.25) is 0 Å². The zero-order chi connectivity index (χ0) is 10.7. The summed E-state index contributed by atoms with van der Waals surface area (Å²) in [4.78, 5) is 3.81. The van der Waals surface area contributed by atoms with E-state index in [-0.39, 0.29) is 0 Å². The lowest BCUT2D eigenvalue weighted by atomic mass is 9.87. The van der Waals surface area contributed by atoms with Gasteiger partial charge in [0.25, 0.3) is 0 Å². The van der Waals surface area contributed by atoms with E-state index in [1.54, 1.807) is 6.07 Å². The number of pyridine rings is 1. The highest BCUT2D eigenvalue weighted by atomic mass is 19.1. The molecule has 0 radical (unpaired) electrons. The van der Waals surface area contributed by atoms with E-state index in [1.807, 2.05) is 6.07 Å². The molecule has 0 aliphatic heterocycles. The lowest BCUT2D eigenvalue weighted by molar-refractivity contribution is 0.358. The van der Waals surface area contributed by atoms with Crippen LogP contribution < -0.4 is 5.32 Å². The molecule has 2 nitrogen and oxygen atoms in total. The van der Waals surface area contributed by atoms with Crippen LogP contribution in [0.4, 0.5) is 10.2 Å². The maximum absolute atomic E-state index is 12.8. The summed E-state index contributed by atoms with van der Waals surface area (Å²) in [6.07, 6.45) is 4.91. The third-order valence-corrected chi connectivity index (χ3v) is 3.00. The second kappa shape index (κ2) is 4.60. The predicted molar refractivity (Wildman–Crippen MR) is 59.2 cm³/mol. The maximum Gasteiger partial charge on any atom is 0.214 e. The first kappa shape index (κ1) is 10.4. The SMILES string of the molecule is C[C@H]1CCC[C@H](Nc2cccc(F)n2)C1. The van der Waals surface area contributed by atoms with Crippen molar-refractivity contribution in [2.24, 2.45) is 5.92 Å². The Bertz CT molecular complexity index is 327. The van der Waals surface area contributed by atoms with Gasteiger partial charge in [-0.05, 0) is 30.9 Å². The zero-order valence-corrected chi connectivity index (χ0v) is 9.04. The van der Waals surface area contributed by atoms with Crippen molar-refractivity contribution in [3.63, 3.8) is 0 Å². The standard InChI is InChI=1S/C12H17FN2/c1-9-4-2-5-10(8-9)14-12-7-3-6-11(13)15-12/h3,6-7,9-10H,2,4-5,8H2,1H3,(H,14,15)/t9-,10-/m0/s1. The number of aromatic nitrogens is 1.